The molecule has 3 aliphatic rings. The maximum atomic E-state index is 13.2. The molecule has 0 aromatic carbocycles. The molecule has 4 heteroatoms. The van der Waals surface area contributed by atoms with Crippen LogP contribution >= 0.6 is 0 Å². The molecule has 0 aromatic rings. The molecule has 1 heterocycles. The second-order valence-electron chi connectivity index (χ2n) is 7.12. The zero-order valence-electron chi connectivity index (χ0n) is 13.4. The van der Waals surface area contributed by atoms with Crippen LogP contribution < -0.4 is 5.32 Å². The molecule has 1 N–H and O–H groups in total. The van der Waals surface area contributed by atoms with Crippen LogP contribution in [0.3, 0.4) is 0 Å². The Hall–Kier alpha value is -1.06. The van der Waals surface area contributed by atoms with E-state index in [1.165, 1.54) is 12.8 Å². The van der Waals surface area contributed by atoms with Crippen LogP contribution in [0.15, 0.2) is 0 Å². The first-order valence-electron chi connectivity index (χ1n) is 8.77. The lowest BCUT2D eigenvalue weighted by atomic mass is 9.78. The van der Waals surface area contributed by atoms with Gasteiger partial charge in [-0.3, -0.25) is 9.59 Å². The molecular weight excluding hydrogens is 264 g/mol. The number of nitrogens with one attached hydrogen (secondary N) is 1. The second-order valence-corrected chi connectivity index (χ2v) is 7.12. The van der Waals surface area contributed by atoms with Crippen molar-refractivity contribution in [2.45, 2.75) is 89.3 Å². The summed E-state index contributed by atoms with van der Waals surface area (Å²) in [6.07, 6.45) is 9.12. The molecule has 1 spiro atoms. The Morgan fingerprint density at radius 1 is 1.19 bits per heavy atom. The van der Waals surface area contributed by atoms with Crippen molar-refractivity contribution >= 4 is 11.8 Å². The largest absolute Gasteiger partial charge is 0.340 e. The molecule has 118 valence electrons. The molecule has 0 bridgehead atoms. The highest BCUT2D eigenvalue weighted by atomic mass is 16.2. The summed E-state index contributed by atoms with van der Waals surface area (Å²) in [5.74, 6) is 0.929. The summed E-state index contributed by atoms with van der Waals surface area (Å²) in [6.45, 7) is 4.21. The Kier molecular flexibility index (Phi) is 3.98. The smallest absolute Gasteiger partial charge is 0.249 e. The average molecular weight is 292 g/mol. The molecule has 4 nitrogen and oxygen atoms in total. The summed E-state index contributed by atoms with van der Waals surface area (Å²) in [5, 5.41) is 3.11. The highest BCUT2D eigenvalue weighted by Gasteiger charge is 2.56. The second kappa shape index (κ2) is 5.62. The van der Waals surface area contributed by atoms with Gasteiger partial charge >= 0.3 is 0 Å². The molecule has 1 aliphatic heterocycles. The van der Waals surface area contributed by atoms with Crippen molar-refractivity contribution in [3.8, 4) is 0 Å². The number of amides is 2. The minimum atomic E-state index is -0.569. The van der Waals surface area contributed by atoms with Gasteiger partial charge in [-0.2, -0.15) is 0 Å². The Balaban J connectivity index is 1.83. The van der Waals surface area contributed by atoms with E-state index < -0.39 is 5.54 Å². The van der Waals surface area contributed by atoms with E-state index in [1.54, 1.807) is 0 Å². The van der Waals surface area contributed by atoms with Crippen molar-refractivity contribution in [3.05, 3.63) is 0 Å². The van der Waals surface area contributed by atoms with Gasteiger partial charge in [0.15, 0.2) is 0 Å². The van der Waals surface area contributed by atoms with Crippen LogP contribution in [0.1, 0.15) is 71.6 Å². The molecule has 3 rings (SSSR count). The van der Waals surface area contributed by atoms with Crippen LogP contribution in [0.2, 0.25) is 0 Å². The lowest BCUT2D eigenvalue weighted by molar-refractivity contribution is -0.157. The van der Waals surface area contributed by atoms with Gasteiger partial charge in [0, 0.05) is 6.04 Å². The Morgan fingerprint density at radius 2 is 1.90 bits per heavy atom. The van der Waals surface area contributed by atoms with E-state index >= 15 is 0 Å². The minimum Gasteiger partial charge on any atom is -0.340 e. The van der Waals surface area contributed by atoms with Crippen molar-refractivity contribution < 1.29 is 9.59 Å². The molecule has 0 radical (unpaired) electrons. The fourth-order valence-corrected chi connectivity index (χ4v) is 4.40. The zero-order valence-corrected chi connectivity index (χ0v) is 13.4. The van der Waals surface area contributed by atoms with Gasteiger partial charge < -0.3 is 10.2 Å². The van der Waals surface area contributed by atoms with Gasteiger partial charge in [0.05, 0.1) is 0 Å². The van der Waals surface area contributed by atoms with E-state index in [0.717, 1.165) is 44.9 Å². The van der Waals surface area contributed by atoms with E-state index in [-0.39, 0.29) is 17.9 Å². The number of hydrogen-bond donors (Lipinski definition) is 1. The summed E-state index contributed by atoms with van der Waals surface area (Å²) >= 11 is 0. The predicted octanol–water partition coefficient (Wildman–Crippen LogP) is 2.61. The SMILES string of the molecule is CCCC1CC1N1C(=O)C2(CCCCC2)NC(=O)C1CC. The first-order chi connectivity index (χ1) is 10.1. The van der Waals surface area contributed by atoms with Crippen LogP contribution in [0.4, 0.5) is 0 Å². The number of hydrogen-bond acceptors (Lipinski definition) is 2. The van der Waals surface area contributed by atoms with Crippen molar-refractivity contribution in [2.24, 2.45) is 5.92 Å². The molecule has 3 atom stereocenters. The molecule has 2 aliphatic carbocycles. The first-order valence-corrected chi connectivity index (χ1v) is 8.77. The quantitative estimate of drug-likeness (QED) is 0.866. The maximum absolute atomic E-state index is 13.2. The van der Waals surface area contributed by atoms with E-state index in [1.807, 2.05) is 11.8 Å². The lowest BCUT2D eigenvalue weighted by Crippen LogP contribution is -2.71. The zero-order chi connectivity index (χ0) is 15.0. The van der Waals surface area contributed by atoms with Crippen LogP contribution in [-0.2, 0) is 9.59 Å². The number of rotatable bonds is 4. The van der Waals surface area contributed by atoms with Gasteiger partial charge in [0.25, 0.3) is 0 Å². The summed E-state index contributed by atoms with van der Waals surface area (Å²) in [6, 6.07) is 0.0872. The fraction of sp³-hybridized carbons (Fsp3) is 0.882. The molecule has 2 amide bonds. The topological polar surface area (TPSA) is 49.4 Å². The van der Waals surface area contributed by atoms with Gasteiger partial charge in [0.1, 0.15) is 11.6 Å². The van der Waals surface area contributed by atoms with E-state index in [9.17, 15) is 9.59 Å². The van der Waals surface area contributed by atoms with Gasteiger partial charge in [-0.05, 0) is 38.0 Å². The van der Waals surface area contributed by atoms with Crippen LogP contribution in [0.25, 0.3) is 0 Å². The predicted molar refractivity (Wildman–Crippen MR) is 81.7 cm³/mol. The number of piperazine rings is 1. The fourth-order valence-electron chi connectivity index (χ4n) is 4.40. The van der Waals surface area contributed by atoms with Crippen LogP contribution in [-0.4, -0.2) is 34.3 Å². The van der Waals surface area contributed by atoms with Crippen molar-refractivity contribution in [3.63, 3.8) is 0 Å². The van der Waals surface area contributed by atoms with Gasteiger partial charge in [0.2, 0.25) is 11.8 Å². The van der Waals surface area contributed by atoms with E-state index in [4.69, 9.17) is 0 Å². The third-order valence-corrected chi connectivity index (χ3v) is 5.64. The highest BCUT2D eigenvalue weighted by Crippen LogP contribution is 2.44. The van der Waals surface area contributed by atoms with Gasteiger partial charge in [-0.15, -0.1) is 0 Å². The molecule has 21 heavy (non-hydrogen) atoms. The normalized spacial score (nSPS) is 35.0. The highest BCUT2D eigenvalue weighted by molar-refractivity contribution is 6.00. The Bertz CT molecular complexity index is 429. The van der Waals surface area contributed by atoms with E-state index in [0.29, 0.717) is 12.0 Å². The number of carbonyl (C=O) groups is 2. The van der Waals surface area contributed by atoms with Crippen molar-refractivity contribution in [2.75, 3.05) is 0 Å². The maximum Gasteiger partial charge on any atom is 0.249 e. The lowest BCUT2D eigenvalue weighted by Gasteiger charge is -2.48. The molecular formula is C17H28N2O2. The summed E-state index contributed by atoms with van der Waals surface area (Å²) in [4.78, 5) is 27.7. The van der Waals surface area contributed by atoms with Crippen molar-refractivity contribution in [1.29, 1.82) is 0 Å². The Morgan fingerprint density at radius 3 is 2.52 bits per heavy atom. The summed E-state index contributed by atoms with van der Waals surface area (Å²) in [5.41, 5.74) is -0.569. The molecule has 3 fully saturated rings. The number of nitrogens with zero attached hydrogens (tertiary/aromatic N) is 1. The molecule has 3 unspecified atom stereocenters. The van der Waals surface area contributed by atoms with Crippen LogP contribution in [0.5, 0.6) is 0 Å². The summed E-state index contributed by atoms with van der Waals surface area (Å²) < 4.78 is 0. The average Bonchev–Trinajstić information content (AvgIpc) is 3.23. The number of carbonyl (C=O) groups excluding carboxylic acids is 2. The first kappa shape index (κ1) is 14.9. The molecule has 2 saturated carbocycles. The monoisotopic (exact) mass is 292 g/mol. The van der Waals surface area contributed by atoms with Crippen LogP contribution in [0, 0.1) is 5.92 Å². The summed E-state index contributed by atoms with van der Waals surface area (Å²) in [7, 11) is 0. The third kappa shape index (κ3) is 2.47. The minimum absolute atomic E-state index is 0.0844. The Labute approximate surface area is 127 Å². The third-order valence-electron chi connectivity index (χ3n) is 5.64. The van der Waals surface area contributed by atoms with Gasteiger partial charge in [-0.1, -0.05) is 39.5 Å². The molecule has 0 aromatic heterocycles. The van der Waals surface area contributed by atoms with Crippen molar-refractivity contribution in [1.82, 2.24) is 10.2 Å². The standard InChI is InChI=1S/C17H28N2O2/c1-3-8-12-11-14(12)19-13(4-2)15(20)18-17(16(19)21)9-6-5-7-10-17/h12-14H,3-11H2,1-2H3,(H,18,20). The van der Waals surface area contributed by atoms with Gasteiger partial charge in [-0.25, -0.2) is 0 Å². The van der Waals surface area contributed by atoms with E-state index in [2.05, 4.69) is 12.2 Å². The molecule has 1 saturated heterocycles.